The van der Waals surface area contributed by atoms with Gasteiger partial charge in [0.15, 0.2) is 0 Å². The van der Waals surface area contributed by atoms with Crippen molar-refractivity contribution in [2.24, 2.45) is 16.8 Å². The summed E-state index contributed by atoms with van der Waals surface area (Å²) in [7, 11) is 4.54. The van der Waals surface area contributed by atoms with Gasteiger partial charge in [-0.1, -0.05) is 29.3 Å². The van der Waals surface area contributed by atoms with Crippen LogP contribution >= 0.6 is 15.9 Å². The third-order valence-electron chi connectivity index (χ3n) is 6.97. The van der Waals surface area contributed by atoms with Gasteiger partial charge in [-0.15, -0.1) is 0 Å². The van der Waals surface area contributed by atoms with E-state index in [2.05, 4.69) is 27.8 Å². The summed E-state index contributed by atoms with van der Waals surface area (Å²) in [5.41, 5.74) is 1.60. The van der Waals surface area contributed by atoms with Crippen LogP contribution in [0.15, 0.2) is 33.4 Å². The highest BCUT2D eigenvalue weighted by Crippen LogP contribution is 2.52. The summed E-state index contributed by atoms with van der Waals surface area (Å²) in [6.45, 7) is 3.73. The number of methoxy groups -OCH3 is 3. The molecule has 7 nitrogen and oxygen atoms in total. The Labute approximate surface area is 191 Å². The molecule has 0 amide bonds. The topological polar surface area (TPSA) is 80.6 Å². The lowest BCUT2D eigenvalue weighted by atomic mass is 9.70. The van der Waals surface area contributed by atoms with Gasteiger partial charge in [-0.2, -0.15) is 0 Å². The number of piperidine rings is 2. The van der Waals surface area contributed by atoms with Crippen LogP contribution in [0.5, 0.6) is 5.75 Å². The molecule has 1 aromatic rings. The van der Waals surface area contributed by atoms with Crippen molar-refractivity contribution in [1.82, 2.24) is 4.90 Å². The summed E-state index contributed by atoms with van der Waals surface area (Å²) in [5, 5.41) is 11.8. The van der Waals surface area contributed by atoms with Crippen molar-refractivity contribution in [2.45, 2.75) is 37.8 Å². The first-order valence-corrected chi connectivity index (χ1v) is 11.4. The molecule has 0 aliphatic carbocycles. The summed E-state index contributed by atoms with van der Waals surface area (Å²) in [6.07, 6.45) is 3.67. The molecule has 3 unspecified atom stereocenters. The van der Waals surface area contributed by atoms with Gasteiger partial charge in [-0.3, -0.25) is 9.89 Å². The largest absolute Gasteiger partial charge is 0.504 e. The molecule has 0 bridgehead atoms. The molecule has 1 N–H and O–H groups in total. The van der Waals surface area contributed by atoms with Gasteiger partial charge < -0.3 is 19.3 Å². The molecule has 0 radical (unpaired) electrons. The molecule has 3 heterocycles. The van der Waals surface area contributed by atoms with Crippen molar-refractivity contribution in [3.63, 3.8) is 0 Å². The molecule has 4 atom stereocenters. The molecule has 8 heteroatoms. The average Bonchev–Trinajstić information content (AvgIpc) is 3.08. The fourth-order valence-electron chi connectivity index (χ4n) is 5.49. The maximum Gasteiger partial charge on any atom is 0.337 e. The fraction of sp³-hybridized carbons (Fsp3) is 0.565. The lowest BCUT2D eigenvalue weighted by Gasteiger charge is -2.50. The van der Waals surface area contributed by atoms with Crippen LogP contribution in [0.3, 0.4) is 0 Å². The number of aliphatic imine (C=N–C) groups is 1. The van der Waals surface area contributed by atoms with E-state index in [1.54, 1.807) is 14.2 Å². The monoisotopic (exact) mass is 492 g/mol. The van der Waals surface area contributed by atoms with Crippen LogP contribution in [0, 0.1) is 11.8 Å². The van der Waals surface area contributed by atoms with Gasteiger partial charge in [0.1, 0.15) is 11.4 Å². The Morgan fingerprint density at radius 3 is 2.81 bits per heavy atom. The number of halogens is 1. The number of hydrogen-bond acceptors (Lipinski definition) is 7. The Bertz CT molecular complexity index is 946. The molecule has 3 aliphatic heterocycles. The predicted octanol–water partition coefficient (Wildman–Crippen LogP) is 3.56. The third kappa shape index (κ3) is 3.58. The standard InChI is InChI=1S/C23H29BrN2O5/c1-5-13-11-26-7-6-23(28)20-17(8-14(24)9-19(20)30-3)25-21(23)18(26)10-15(13)16(12-29-2)22(27)31-4/h8-9,12-13,15,18,28H,5-7,10-11H2,1-4H3/b16-12+/t13?,15?,18?,23-/m0/s1. The molecule has 2 saturated heterocycles. The first kappa shape index (κ1) is 22.3. The van der Waals surface area contributed by atoms with Gasteiger partial charge in [0.05, 0.1) is 56.2 Å². The van der Waals surface area contributed by atoms with E-state index in [-0.39, 0.29) is 23.8 Å². The number of aliphatic hydroxyl groups is 1. The molecular formula is C23H29BrN2O5. The summed E-state index contributed by atoms with van der Waals surface area (Å²) in [6, 6.07) is 3.72. The Hall–Kier alpha value is -1.90. The summed E-state index contributed by atoms with van der Waals surface area (Å²) < 4.78 is 16.7. The first-order valence-electron chi connectivity index (χ1n) is 10.6. The van der Waals surface area contributed by atoms with Crippen LogP contribution < -0.4 is 4.74 Å². The molecule has 0 spiro atoms. The number of benzene rings is 1. The number of nitrogens with zero attached hydrogens (tertiary/aromatic N) is 2. The molecule has 31 heavy (non-hydrogen) atoms. The minimum Gasteiger partial charge on any atom is -0.504 e. The quantitative estimate of drug-likeness (QED) is 0.384. The lowest BCUT2D eigenvalue weighted by molar-refractivity contribution is -0.137. The third-order valence-corrected chi connectivity index (χ3v) is 7.42. The zero-order chi connectivity index (χ0) is 22.3. The summed E-state index contributed by atoms with van der Waals surface area (Å²) >= 11 is 3.52. The summed E-state index contributed by atoms with van der Waals surface area (Å²) in [4.78, 5) is 19.8. The zero-order valence-corrected chi connectivity index (χ0v) is 19.9. The molecule has 1 aromatic carbocycles. The van der Waals surface area contributed by atoms with E-state index in [9.17, 15) is 9.90 Å². The lowest BCUT2D eigenvalue weighted by Crippen LogP contribution is -2.60. The second kappa shape index (κ2) is 8.56. The van der Waals surface area contributed by atoms with E-state index in [0.29, 0.717) is 24.2 Å². The molecule has 0 aromatic heterocycles. The number of hydrogen-bond donors (Lipinski definition) is 1. The van der Waals surface area contributed by atoms with Crippen LogP contribution in [-0.4, -0.2) is 62.1 Å². The molecule has 4 rings (SSSR count). The van der Waals surface area contributed by atoms with Gasteiger partial charge in [-0.25, -0.2) is 4.79 Å². The molecule has 0 saturated carbocycles. The van der Waals surface area contributed by atoms with Crippen molar-refractivity contribution < 1.29 is 24.1 Å². The van der Waals surface area contributed by atoms with E-state index < -0.39 is 5.60 Å². The van der Waals surface area contributed by atoms with Crippen molar-refractivity contribution in [3.8, 4) is 5.75 Å². The maximum absolute atomic E-state index is 12.5. The van der Waals surface area contributed by atoms with Crippen LogP contribution in [0.25, 0.3) is 0 Å². The van der Waals surface area contributed by atoms with Gasteiger partial charge in [-0.05, 0) is 36.8 Å². The van der Waals surface area contributed by atoms with E-state index >= 15 is 0 Å². The SMILES string of the molecule is CCC1CN2CC[C@@]3(O)C(=Nc4cc(Br)cc(OC)c43)C2CC1/C(=C\OC)C(=O)OC. The van der Waals surface area contributed by atoms with Crippen LogP contribution in [0.1, 0.15) is 31.7 Å². The molecule has 2 fully saturated rings. The average molecular weight is 493 g/mol. The smallest absolute Gasteiger partial charge is 0.337 e. The minimum atomic E-state index is -1.16. The van der Waals surface area contributed by atoms with E-state index in [1.165, 1.54) is 13.4 Å². The zero-order valence-electron chi connectivity index (χ0n) is 18.4. The fourth-order valence-corrected chi connectivity index (χ4v) is 5.91. The Balaban J connectivity index is 1.74. The van der Waals surface area contributed by atoms with Crippen LogP contribution in [0.4, 0.5) is 5.69 Å². The second-order valence-electron chi connectivity index (χ2n) is 8.43. The molecule has 3 aliphatic rings. The van der Waals surface area contributed by atoms with Crippen molar-refractivity contribution in [1.29, 1.82) is 0 Å². The van der Waals surface area contributed by atoms with Crippen molar-refractivity contribution >= 4 is 33.3 Å². The predicted molar refractivity (Wildman–Crippen MR) is 121 cm³/mol. The number of ether oxygens (including phenoxy) is 3. The van der Waals surface area contributed by atoms with Gasteiger partial charge >= 0.3 is 5.97 Å². The highest BCUT2D eigenvalue weighted by atomic mass is 79.9. The first-order chi connectivity index (χ1) is 14.9. The number of esters is 1. The normalized spacial score (nSPS) is 30.1. The number of rotatable bonds is 5. The van der Waals surface area contributed by atoms with Crippen molar-refractivity contribution in [2.75, 3.05) is 34.4 Å². The Morgan fingerprint density at radius 2 is 2.16 bits per heavy atom. The highest BCUT2D eigenvalue weighted by molar-refractivity contribution is 9.10. The second-order valence-corrected chi connectivity index (χ2v) is 9.35. The number of carbonyl (C=O) groups is 1. The van der Waals surface area contributed by atoms with E-state index in [4.69, 9.17) is 19.2 Å². The van der Waals surface area contributed by atoms with Gasteiger partial charge in [0.2, 0.25) is 0 Å². The molecule has 168 valence electrons. The van der Waals surface area contributed by atoms with E-state index in [0.717, 1.165) is 40.9 Å². The number of carbonyl (C=O) groups excluding carboxylic acids is 1. The molecular weight excluding hydrogens is 464 g/mol. The maximum atomic E-state index is 12.5. The van der Waals surface area contributed by atoms with Crippen LogP contribution in [0.2, 0.25) is 0 Å². The minimum absolute atomic E-state index is 0.0407. The van der Waals surface area contributed by atoms with Gasteiger partial charge in [0.25, 0.3) is 0 Å². The highest BCUT2D eigenvalue weighted by Gasteiger charge is 2.54. The summed E-state index contributed by atoms with van der Waals surface area (Å²) in [5.74, 6) is 0.511. The Kier molecular flexibility index (Phi) is 6.16. The van der Waals surface area contributed by atoms with Crippen molar-refractivity contribution in [3.05, 3.63) is 34.0 Å². The Morgan fingerprint density at radius 1 is 1.39 bits per heavy atom. The number of fused-ring (bicyclic) bond motifs is 5. The van der Waals surface area contributed by atoms with E-state index in [1.807, 2.05) is 12.1 Å². The van der Waals surface area contributed by atoms with Crippen LogP contribution in [-0.2, 0) is 19.9 Å². The van der Waals surface area contributed by atoms with Gasteiger partial charge in [0, 0.05) is 17.6 Å².